The monoisotopic (exact) mass is 496 g/mol. The van der Waals surface area contributed by atoms with Crippen LogP contribution in [0.4, 0.5) is 4.79 Å². The number of hydrogen-bond acceptors (Lipinski definition) is 4. The van der Waals surface area contributed by atoms with E-state index in [4.69, 9.17) is 21.1 Å². The number of piperidine rings is 1. The largest absolute Gasteiger partial charge is 0.496 e. The fourth-order valence-corrected chi connectivity index (χ4v) is 2.93. The highest BCUT2D eigenvalue weighted by molar-refractivity contribution is 14.0. The number of carbonyl (C=O) groups excluding carboxylic acids is 1. The standard InChI is InChI=1S/C17H25ClN4O3.HI/c1-19-16(20-11-12-4-5-13(18)10-15(12)24-2)21-14-6-8-22(9-7-14)17(23)25-3;/h4-5,10,14H,6-9,11H2,1-3H3,(H2,19,20,21);1H. The van der Waals surface area contributed by atoms with Crippen LogP contribution in [0.3, 0.4) is 0 Å². The molecule has 1 aromatic rings. The zero-order chi connectivity index (χ0) is 18.2. The Morgan fingerprint density at radius 1 is 1.35 bits per heavy atom. The summed E-state index contributed by atoms with van der Waals surface area (Å²) in [6, 6.07) is 5.81. The number of methoxy groups -OCH3 is 2. The summed E-state index contributed by atoms with van der Waals surface area (Å²) in [5.74, 6) is 1.45. The zero-order valence-corrected chi connectivity index (χ0v) is 18.3. The van der Waals surface area contributed by atoms with Crippen molar-refractivity contribution in [3.63, 3.8) is 0 Å². The summed E-state index contributed by atoms with van der Waals surface area (Å²) in [6.07, 6.45) is 1.43. The quantitative estimate of drug-likeness (QED) is 0.381. The number of amides is 1. The van der Waals surface area contributed by atoms with Crippen molar-refractivity contribution in [1.29, 1.82) is 0 Å². The van der Waals surface area contributed by atoms with Gasteiger partial charge in [0.15, 0.2) is 5.96 Å². The number of guanidine groups is 1. The zero-order valence-electron chi connectivity index (χ0n) is 15.3. The van der Waals surface area contributed by atoms with Crippen molar-refractivity contribution in [3.8, 4) is 5.75 Å². The Balaban J connectivity index is 0.00000338. The van der Waals surface area contributed by atoms with Crippen LogP contribution in [0.1, 0.15) is 18.4 Å². The van der Waals surface area contributed by atoms with E-state index in [0.717, 1.165) is 24.2 Å². The summed E-state index contributed by atoms with van der Waals surface area (Å²) in [4.78, 5) is 17.5. The molecule has 0 spiro atoms. The molecule has 0 aliphatic carbocycles. The van der Waals surface area contributed by atoms with E-state index in [2.05, 4.69) is 15.6 Å². The molecule has 0 bridgehead atoms. The number of ether oxygens (including phenoxy) is 2. The maximum Gasteiger partial charge on any atom is 0.409 e. The van der Waals surface area contributed by atoms with Gasteiger partial charge in [-0.1, -0.05) is 17.7 Å². The van der Waals surface area contributed by atoms with Gasteiger partial charge in [-0.3, -0.25) is 4.99 Å². The first-order valence-electron chi connectivity index (χ1n) is 8.20. The van der Waals surface area contributed by atoms with Gasteiger partial charge in [-0.05, 0) is 25.0 Å². The molecule has 2 N–H and O–H groups in total. The van der Waals surface area contributed by atoms with E-state index in [1.807, 2.05) is 12.1 Å². The van der Waals surface area contributed by atoms with Crippen LogP contribution in [0.15, 0.2) is 23.2 Å². The number of hydrogen-bond donors (Lipinski definition) is 2. The summed E-state index contributed by atoms with van der Waals surface area (Å²) in [6.45, 7) is 1.92. The molecule has 0 aromatic heterocycles. The molecule has 1 fully saturated rings. The highest BCUT2D eigenvalue weighted by Crippen LogP contribution is 2.22. The van der Waals surface area contributed by atoms with Crippen LogP contribution in [0.25, 0.3) is 0 Å². The molecule has 0 atom stereocenters. The third kappa shape index (κ3) is 6.39. The lowest BCUT2D eigenvalue weighted by atomic mass is 10.1. The van der Waals surface area contributed by atoms with Gasteiger partial charge in [0.05, 0.1) is 14.2 Å². The smallest absolute Gasteiger partial charge is 0.409 e. The lowest BCUT2D eigenvalue weighted by Gasteiger charge is -2.32. The molecule has 0 radical (unpaired) electrons. The van der Waals surface area contributed by atoms with Gasteiger partial charge < -0.3 is 25.0 Å². The first kappa shape index (κ1) is 22.6. The van der Waals surface area contributed by atoms with Gasteiger partial charge in [0.2, 0.25) is 0 Å². The molecule has 1 heterocycles. The summed E-state index contributed by atoms with van der Waals surface area (Å²) < 4.78 is 10.1. The van der Waals surface area contributed by atoms with Crippen LogP contribution in [0.2, 0.25) is 5.02 Å². The van der Waals surface area contributed by atoms with Crippen LogP contribution in [0, 0.1) is 0 Å². The Kier molecular flexibility index (Phi) is 9.85. The van der Waals surface area contributed by atoms with E-state index in [1.54, 1.807) is 25.1 Å². The molecule has 146 valence electrons. The van der Waals surface area contributed by atoms with Gasteiger partial charge in [0, 0.05) is 43.3 Å². The summed E-state index contributed by atoms with van der Waals surface area (Å²) in [7, 11) is 4.76. The van der Waals surface area contributed by atoms with E-state index in [1.165, 1.54) is 7.11 Å². The fraction of sp³-hybridized carbons (Fsp3) is 0.529. The Morgan fingerprint density at radius 2 is 2.04 bits per heavy atom. The highest BCUT2D eigenvalue weighted by Gasteiger charge is 2.23. The Morgan fingerprint density at radius 3 is 2.62 bits per heavy atom. The summed E-state index contributed by atoms with van der Waals surface area (Å²) in [5, 5.41) is 7.32. The van der Waals surface area contributed by atoms with Crippen LogP contribution in [-0.2, 0) is 11.3 Å². The van der Waals surface area contributed by atoms with E-state index < -0.39 is 0 Å². The molecular weight excluding hydrogens is 471 g/mol. The number of benzene rings is 1. The van der Waals surface area contributed by atoms with Crippen molar-refractivity contribution in [2.75, 3.05) is 34.4 Å². The van der Waals surface area contributed by atoms with Gasteiger partial charge >= 0.3 is 6.09 Å². The van der Waals surface area contributed by atoms with Crippen molar-refractivity contribution >= 4 is 47.6 Å². The molecule has 9 heteroatoms. The molecule has 1 aromatic carbocycles. The number of halogens is 2. The molecule has 1 aliphatic rings. The van der Waals surface area contributed by atoms with E-state index in [-0.39, 0.29) is 36.1 Å². The molecule has 26 heavy (non-hydrogen) atoms. The lowest BCUT2D eigenvalue weighted by molar-refractivity contribution is 0.111. The average Bonchev–Trinajstić information content (AvgIpc) is 2.65. The van der Waals surface area contributed by atoms with Crippen molar-refractivity contribution in [1.82, 2.24) is 15.5 Å². The number of nitrogens with zero attached hydrogens (tertiary/aromatic N) is 2. The highest BCUT2D eigenvalue weighted by atomic mass is 127. The predicted molar refractivity (Wildman–Crippen MR) is 114 cm³/mol. The van der Waals surface area contributed by atoms with Crippen LogP contribution in [0.5, 0.6) is 5.75 Å². The third-order valence-electron chi connectivity index (χ3n) is 4.19. The number of carbonyl (C=O) groups is 1. The Bertz CT molecular complexity index is 622. The second kappa shape index (κ2) is 11.3. The molecule has 0 unspecified atom stereocenters. The van der Waals surface area contributed by atoms with Gasteiger partial charge in [-0.25, -0.2) is 4.79 Å². The molecular formula is C17H26ClIN4O3. The van der Waals surface area contributed by atoms with Crippen molar-refractivity contribution in [2.24, 2.45) is 4.99 Å². The van der Waals surface area contributed by atoms with Crippen molar-refractivity contribution in [2.45, 2.75) is 25.4 Å². The van der Waals surface area contributed by atoms with Crippen LogP contribution >= 0.6 is 35.6 Å². The number of aliphatic imine (C=N–C) groups is 1. The molecule has 7 nitrogen and oxygen atoms in total. The van der Waals surface area contributed by atoms with Crippen LogP contribution < -0.4 is 15.4 Å². The van der Waals surface area contributed by atoms with Gasteiger partial charge in [0.1, 0.15) is 5.75 Å². The Hall–Kier alpha value is -1.42. The topological polar surface area (TPSA) is 75.2 Å². The first-order chi connectivity index (χ1) is 12.1. The van der Waals surface area contributed by atoms with Crippen molar-refractivity contribution in [3.05, 3.63) is 28.8 Å². The lowest BCUT2D eigenvalue weighted by Crippen LogP contribution is -2.49. The maximum absolute atomic E-state index is 11.5. The summed E-state index contributed by atoms with van der Waals surface area (Å²) >= 11 is 5.99. The maximum atomic E-state index is 11.5. The minimum Gasteiger partial charge on any atom is -0.496 e. The molecule has 1 aliphatic heterocycles. The SMILES string of the molecule is CN=C(NCc1ccc(Cl)cc1OC)NC1CCN(C(=O)OC)CC1.I. The summed E-state index contributed by atoms with van der Waals surface area (Å²) in [5.41, 5.74) is 0.996. The van der Waals surface area contributed by atoms with Gasteiger partial charge in [-0.15, -0.1) is 24.0 Å². The van der Waals surface area contributed by atoms with E-state index in [9.17, 15) is 4.79 Å². The second-order valence-corrected chi connectivity index (χ2v) is 6.19. The van der Waals surface area contributed by atoms with E-state index in [0.29, 0.717) is 30.6 Å². The number of rotatable bonds is 4. The minimum absolute atomic E-state index is 0. The Labute approximate surface area is 176 Å². The fourth-order valence-electron chi connectivity index (χ4n) is 2.77. The van der Waals surface area contributed by atoms with Crippen LogP contribution in [-0.4, -0.2) is 57.4 Å². The second-order valence-electron chi connectivity index (χ2n) is 5.76. The predicted octanol–water partition coefficient (Wildman–Crippen LogP) is 2.86. The average molecular weight is 497 g/mol. The van der Waals surface area contributed by atoms with E-state index >= 15 is 0 Å². The third-order valence-corrected chi connectivity index (χ3v) is 4.42. The van der Waals surface area contributed by atoms with Crippen molar-refractivity contribution < 1.29 is 14.3 Å². The number of likely N-dealkylation sites (tertiary alicyclic amines) is 1. The molecule has 1 saturated heterocycles. The van der Waals surface area contributed by atoms with Gasteiger partial charge in [0.25, 0.3) is 0 Å². The molecule has 0 saturated carbocycles. The molecule has 1 amide bonds. The van der Waals surface area contributed by atoms with Gasteiger partial charge in [-0.2, -0.15) is 0 Å². The number of nitrogens with one attached hydrogen (secondary N) is 2. The molecule has 2 rings (SSSR count). The minimum atomic E-state index is -0.268. The normalized spacial score (nSPS) is 15.1. The first-order valence-corrected chi connectivity index (χ1v) is 8.57.